The first kappa shape index (κ1) is 17.2. The number of anilines is 2. The van der Waals surface area contributed by atoms with Gasteiger partial charge in [-0.25, -0.2) is 9.38 Å². The summed E-state index contributed by atoms with van der Waals surface area (Å²) in [5.74, 6) is 0.383. The molecule has 4 nitrogen and oxygen atoms in total. The zero-order valence-corrected chi connectivity index (χ0v) is 15.3. The molecule has 1 aromatic carbocycles. The zero-order valence-electron chi connectivity index (χ0n) is 13.7. The summed E-state index contributed by atoms with van der Waals surface area (Å²) in [6.07, 6.45) is 1.09. The summed E-state index contributed by atoms with van der Waals surface area (Å²) in [5, 5.41) is 6.66. The van der Waals surface area contributed by atoms with Crippen LogP contribution in [0.4, 0.5) is 15.1 Å². The fourth-order valence-corrected chi connectivity index (χ4v) is 3.70. The molecule has 0 saturated carbocycles. The van der Waals surface area contributed by atoms with Gasteiger partial charge < -0.3 is 15.1 Å². The van der Waals surface area contributed by atoms with Crippen LogP contribution < -0.4 is 10.2 Å². The number of halogens is 2. The van der Waals surface area contributed by atoms with Gasteiger partial charge in [-0.05, 0) is 56.7 Å². The molecule has 24 heavy (non-hydrogen) atoms. The first-order valence-corrected chi connectivity index (χ1v) is 9.04. The molecule has 7 heteroatoms. The van der Waals surface area contributed by atoms with Crippen molar-refractivity contribution in [2.45, 2.75) is 6.42 Å². The summed E-state index contributed by atoms with van der Waals surface area (Å²) in [7, 11) is 4.17. The number of nitrogens with zero attached hydrogens (tertiary/aromatic N) is 3. The average molecular weight is 367 g/mol. The fourth-order valence-electron chi connectivity index (χ4n) is 2.60. The van der Waals surface area contributed by atoms with Crippen LogP contribution in [0, 0.1) is 5.82 Å². The Morgan fingerprint density at radius 1 is 1.38 bits per heavy atom. The Morgan fingerprint density at radius 2 is 2.21 bits per heavy atom. The number of hydrogen-bond acceptors (Lipinski definition) is 5. The Hall–Kier alpha value is -1.63. The van der Waals surface area contributed by atoms with Gasteiger partial charge in [-0.2, -0.15) is 0 Å². The van der Waals surface area contributed by atoms with E-state index in [0.29, 0.717) is 6.67 Å². The molecule has 2 heterocycles. The van der Waals surface area contributed by atoms with E-state index < -0.39 is 5.82 Å². The standard InChI is InChI=1S/C17H20ClFN4S/c1-22(2)7-3-8-23-11-20-16(13-6-9-24-17(13)23)21-12-4-5-15(19)14(18)10-12/h4-6,9-10H,3,7-8,11H2,1-2H3,(H,20,21). The molecule has 0 fully saturated rings. The lowest BCUT2D eigenvalue weighted by atomic mass is 10.2. The number of fused-ring (bicyclic) bond motifs is 1. The molecule has 3 rings (SSSR count). The van der Waals surface area contributed by atoms with E-state index in [1.165, 1.54) is 11.1 Å². The minimum Gasteiger partial charge on any atom is -0.343 e. The SMILES string of the molecule is CN(C)CCCN1CN=C(Nc2ccc(F)c(Cl)c2)c2ccsc21. The molecule has 2 aromatic rings. The molecule has 0 unspecified atom stereocenters. The maximum atomic E-state index is 13.3. The highest BCUT2D eigenvalue weighted by molar-refractivity contribution is 7.14. The van der Waals surface area contributed by atoms with Crippen LogP contribution in [0.15, 0.2) is 34.6 Å². The van der Waals surface area contributed by atoms with E-state index in [4.69, 9.17) is 11.6 Å². The lowest BCUT2D eigenvalue weighted by molar-refractivity contribution is 0.400. The third kappa shape index (κ3) is 3.88. The minimum atomic E-state index is -0.420. The average Bonchev–Trinajstić information content (AvgIpc) is 3.03. The fraction of sp³-hybridized carbons (Fsp3) is 0.353. The van der Waals surface area contributed by atoms with E-state index in [1.54, 1.807) is 23.5 Å². The molecular formula is C17H20ClFN4S. The minimum absolute atomic E-state index is 0.104. The summed E-state index contributed by atoms with van der Waals surface area (Å²) in [4.78, 5) is 9.14. The summed E-state index contributed by atoms with van der Waals surface area (Å²) >= 11 is 7.57. The largest absolute Gasteiger partial charge is 0.343 e. The van der Waals surface area contributed by atoms with E-state index in [2.05, 4.69) is 45.7 Å². The van der Waals surface area contributed by atoms with Crippen LogP contribution in [0.25, 0.3) is 0 Å². The smallest absolute Gasteiger partial charge is 0.141 e. The van der Waals surface area contributed by atoms with Crippen molar-refractivity contribution in [1.82, 2.24) is 4.90 Å². The van der Waals surface area contributed by atoms with Crippen molar-refractivity contribution in [2.24, 2.45) is 4.99 Å². The van der Waals surface area contributed by atoms with Crippen LogP contribution in [-0.4, -0.2) is 44.6 Å². The summed E-state index contributed by atoms with van der Waals surface area (Å²) in [6, 6.07) is 6.67. The highest BCUT2D eigenvalue weighted by Gasteiger charge is 2.21. The number of benzene rings is 1. The quantitative estimate of drug-likeness (QED) is 0.863. The van der Waals surface area contributed by atoms with Gasteiger partial charge >= 0.3 is 0 Å². The number of hydrogen-bond donors (Lipinski definition) is 1. The molecule has 1 aliphatic heterocycles. The van der Waals surface area contributed by atoms with Crippen molar-refractivity contribution in [3.8, 4) is 0 Å². The molecule has 0 radical (unpaired) electrons. The number of thiophene rings is 1. The monoisotopic (exact) mass is 366 g/mol. The summed E-state index contributed by atoms with van der Waals surface area (Å²) in [6.45, 7) is 2.66. The lowest BCUT2D eigenvalue weighted by Crippen LogP contribution is -2.33. The van der Waals surface area contributed by atoms with Crippen LogP contribution in [0.3, 0.4) is 0 Å². The van der Waals surface area contributed by atoms with E-state index in [-0.39, 0.29) is 5.02 Å². The van der Waals surface area contributed by atoms with Gasteiger partial charge in [0, 0.05) is 12.2 Å². The molecule has 0 aliphatic carbocycles. The molecule has 1 aromatic heterocycles. The number of amidine groups is 1. The molecule has 0 spiro atoms. The molecule has 0 bridgehead atoms. The van der Waals surface area contributed by atoms with Crippen LogP contribution in [0.5, 0.6) is 0 Å². The van der Waals surface area contributed by atoms with Crippen molar-refractivity contribution < 1.29 is 4.39 Å². The van der Waals surface area contributed by atoms with Crippen molar-refractivity contribution in [1.29, 1.82) is 0 Å². The van der Waals surface area contributed by atoms with Crippen molar-refractivity contribution >= 4 is 39.5 Å². The van der Waals surface area contributed by atoms with Crippen LogP contribution >= 0.6 is 22.9 Å². The molecule has 0 saturated heterocycles. The maximum absolute atomic E-state index is 13.3. The van der Waals surface area contributed by atoms with Crippen molar-refractivity contribution in [2.75, 3.05) is 44.1 Å². The van der Waals surface area contributed by atoms with Crippen LogP contribution in [0.1, 0.15) is 12.0 Å². The number of aliphatic imine (C=N–C) groups is 1. The van der Waals surface area contributed by atoms with Gasteiger partial charge in [-0.15, -0.1) is 11.3 Å². The van der Waals surface area contributed by atoms with Crippen LogP contribution in [0.2, 0.25) is 5.02 Å². The highest BCUT2D eigenvalue weighted by atomic mass is 35.5. The number of nitrogens with one attached hydrogen (secondary N) is 1. The second-order valence-electron chi connectivity index (χ2n) is 5.96. The van der Waals surface area contributed by atoms with E-state index >= 15 is 0 Å². The van der Waals surface area contributed by atoms with Crippen LogP contribution in [-0.2, 0) is 0 Å². The topological polar surface area (TPSA) is 30.9 Å². The van der Waals surface area contributed by atoms with Gasteiger partial charge in [0.05, 0.1) is 10.6 Å². The zero-order chi connectivity index (χ0) is 17.1. The Labute approximate surface area is 150 Å². The number of rotatable bonds is 5. The normalized spacial score (nSPS) is 13.9. The van der Waals surface area contributed by atoms with Gasteiger partial charge in [0.2, 0.25) is 0 Å². The van der Waals surface area contributed by atoms with Crippen molar-refractivity contribution in [3.63, 3.8) is 0 Å². The predicted octanol–water partition coefficient (Wildman–Crippen LogP) is 4.13. The van der Waals surface area contributed by atoms with E-state index in [9.17, 15) is 4.39 Å². The highest BCUT2D eigenvalue weighted by Crippen LogP contribution is 2.32. The van der Waals surface area contributed by atoms with Gasteiger partial charge in [0.15, 0.2) is 0 Å². The predicted molar refractivity (Wildman–Crippen MR) is 101 cm³/mol. The second-order valence-corrected chi connectivity index (χ2v) is 7.26. The summed E-state index contributed by atoms with van der Waals surface area (Å²) < 4.78 is 13.3. The van der Waals surface area contributed by atoms with Crippen molar-refractivity contribution in [3.05, 3.63) is 46.0 Å². The Kier molecular flexibility index (Phi) is 5.38. The molecule has 128 valence electrons. The second kappa shape index (κ2) is 7.51. The van der Waals surface area contributed by atoms with Gasteiger partial charge in [0.25, 0.3) is 0 Å². The summed E-state index contributed by atoms with van der Waals surface area (Å²) in [5.41, 5.74) is 1.81. The third-order valence-corrected chi connectivity index (χ3v) is 5.07. The lowest BCUT2D eigenvalue weighted by Gasteiger charge is -2.28. The first-order valence-electron chi connectivity index (χ1n) is 7.78. The Balaban J connectivity index is 1.72. The molecular weight excluding hydrogens is 347 g/mol. The molecule has 1 N–H and O–H groups in total. The Morgan fingerprint density at radius 3 is 2.96 bits per heavy atom. The van der Waals surface area contributed by atoms with Gasteiger partial charge in [-0.1, -0.05) is 11.6 Å². The molecule has 0 atom stereocenters. The Bertz CT molecular complexity index is 744. The molecule has 1 aliphatic rings. The van der Waals surface area contributed by atoms with E-state index in [1.807, 2.05) is 0 Å². The third-order valence-electron chi connectivity index (χ3n) is 3.80. The first-order chi connectivity index (χ1) is 11.5. The van der Waals surface area contributed by atoms with E-state index in [0.717, 1.165) is 36.6 Å². The van der Waals surface area contributed by atoms with Gasteiger partial charge in [-0.3, -0.25) is 0 Å². The molecule has 0 amide bonds. The van der Waals surface area contributed by atoms with Gasteiger partial charge in [0.1, 0.15) is 23.3 Å². The maximum Gasteiger partial charge on any atom is 0.141 e.